The number of carbonyl (C=O) groups is 1. The van der Waals surface area contributed by atoms with Gasteiger partial charge in [0.25, 0.3) is 0 Å². The second-order valence-electron chi connectivity index (χ2n) is 6.26. The molecular weight excluding hydrogens is 260 g/mol. The van der Waals surface area contributed by atoms with Crippen molar-refractivity contribution in [3.8, 4) is 0 Å². The molecule has 1 aliphatic rings. The fourth-order valence-electron chi connectivity index (χ4n) is 3.10. The number of piperidine rings is 1. The van der Waals surface area contributed by atoms with Gasteiger partial charge in [-0.2, -0.15) is 0 Å². The van der Waals surface area contributed by atoms with E-state index in [0.29, 0.717) is 5.92 Å². The van der Waals surface area contributed by atoms with E-state index in [0.717, 1.165) is 19.4 Å². The van der Waals surface area contributed by atoms with Crippen LogP contribution in [-0.2, 0) is 11.2 Å². The quantitative estimate of drug-likeness (QED) is 0.870. The lowest BCUT2D eigenvalue weighted by atomic mass is 9.96. The SMILES string of the molecule is CC(=O)NCC[C@H](C)Cc1ccccc1N1CCCCC1. The van der Waals surface area contributed by atoms with Gasteiger partial charge in [-0.15, -0.1) is 0 Å². The first-order chi connectivity index (χ1) is 10.2. The molecule has 1 aliphatic heterocycles. The van der Waals surface area contributed by atoms with Crippen LogP contribution in [0.25, 0.3) is 0 Å². The summed E-state index contributed by atoms with van der Waals surface area (Å²) in [7, 11) is 0. The highest BCUT2D eigenvalue weighted by molar-refractivity contribution is 5.72. The molecule has 3 nitrogen and oxygen atoms in total. The van der Waals surface area contributed by atoms with E-state index < -0.39 is 0 Å². The van der Waals surface area contributed by atoms with Crippen LogP contribution in [0.5, 0.6) is 0 Å². The fraction of sp³-hybridized carbons (Fsp3) is 0.611. The number of nitrogens with zero attached hydrogens (tertiary/aromatic N) is 1. The van der Waals surface area contributed by atoms with Gasteiger partial charge in [0.1, 0.15) is 0 Å². The number of hydrogen-bond donors (Lipinski definition) is 1. The minimum Gasteiger partial charge on any atom is -0.371 e. The van der Waals surface area contributed by atoms with Gasteiger partial charge in [-0.05, 0) is 49.7 Å². The van der Waals surface area contributed by atoms with Crippen LogP contribution < -0.4 is 10.2 Å². The number of hydrogen-bond acceptors (Lipinski definition) is 2. The van der Waals surface area contributed by atoms with E-state index in [9.17, 15) is 4.79 Å². The minimum atomic E-state index is 0.0657. The van der Waals surface area contributed by atoms with Crippen LogP contribution in [0.3, 0.4) is 0 Å². The summed E-state index contributed by atoms with van der Waals surface area (Å²) in [5.74, 6) is 0.652. The molecule has 1 aromatic rings. The molecule has 0 bridgehead atoms. The molecular formula is C18H28N2O. The number of benzene rings is 1. The molecule has 21 heavy (non-hydrogen) atoms. The Morgan fingerprint density at radius 2 is 1.95 bits per heavy atom. The smallest absolute Gasteiger partial charge is 0.216 e. The molecule has 116 valence electrons. The molecule has 2 rings (SSSR count). The molecule has 1 fully saturated rings. The summed E-state index contributed by atoms with van der Waals surface area (Å²) < 4.78 is 0. The maximum atomic E-state index is 10.9. The van der Waals surface area contributed by atoms with Gasteiger partial charge in [-0.25, -0.2) is 0 Å². The molecule has 1 heterocycles. The zero-order valence-corrected chi connectivity index (χ0v) is 13.4. The highest BCUT2D eigenvalue weighted by Crippen LogP contribution is 2.26. The van der Waals surface area contributed by atoms with Crippen molar-refractivity contribution in [2.24, 2.45) is 5.92 Å². The largest absolute Gasteiger partial charge is 0.371 e. The number of anilines is 1. The molecule has 0 unspecified atom stereocenters. The molecule has 1 saturated heterocycles. The molecule has 0 radical (unpaired) electrons. The molecule has 3 heteroatoms. The number of amides is 1. The lowest BCUT2D eigenvalue weighted by Gasteiger charge is -2.31. The Kier molecular flexibility index (Phi) is 6.09. The summed E-state index contributed by atoms with van der Waals surface area (Å²) in [5, 5.41) is 2.89. The maximum Gasteiger partial charge on any atom is 0.216 e. The normalized spacial score (nSPS) is 16.6. The maximum absolute atomic E-state index is 10.9. The van der Waals surface area contributed by atoms with Crippen LogP contribution in [0, 0.1) is 5.92 Å². The van der Waals surface area contributed by atoms with Crippen molar-refractivity contribution in [2.75, 3.05) is 24.5 Å². The first-order valence-electron chi connectivity index (χ1n) is 8.24. The lowest BCUT2D eigenvalue weighted by Crippen LogP contribution is -2.30. The summed E-state index contributed by atoms with van der Waals surface area (Å²) in [6, 6.07) is 8.82. The van der Waals surface area contributed by atoms with Crippen LogP contribution in [0.15, 0.2) is 24.3 Å². The Labute approximate surface area is 128 Å². The van der Waals surface area contributed by atoms with E-state index in [1.165, 1.54) is 43.6 Å². The predicted octanol–water partition coefficient (Wildman–Crippen LogP) is 3.38. The first kappa shape index (κ1) is 15.9. The number of nitrogens with one attached hydrogen (secondary N) is 1. The second kappa shape index (κ2) is 8.06. The average Bonchev–Trinajstić information content (AvgIpc) is 2.48. The monoisotopic (exact) mass is 288 g/mol. The molecule has 0 saturated carbocycles. The number of carbonyl (C=O) groups excluding carboxylic acids is 1. The fourth-order valence-corrected chi connectivity index (χ4v) is 3.10. The standard InChI is InChI=1S/C18H28N2O/c1-15(10-11-19-16(2)21)14-17-8-4-5-9-18(17)20-12-6-3-7-13-20/h4-5,8-9,15H,3,6-7,10-14H2,1-2H3,(H,19,21)/t15-/m0/s1. The molecule has 1 atom stereocenters. The van der Waals surface area contributed by atoms with Gasteiger partial charge in [0, 0.05) is 32.2 Å². The van der Waals surface area contributed by atoms with Crippen LogP contribution in [0.4, 0.5) is 5.69 Å². The van der Waals surface area contributed by atoms with Gasteiger partial charge < -0.3 is 10.2 Å². The predicted molar refractivity (Wildman–Crippen MR) is 88.7 cm³/mol. The minimum absolute atomic E-state index is 0.0657. The number of rotatable bonds is 6. The van der Waals surface area contributed by atoms with Gasteiger partial charge in [0.15, 0.2) is 0 Å². The van der Waals surface area contributed by atoms with Gasteiger partial charge in [0.2, 0.25) is 5.91 Å². The van der Waals surface area contributed by atoms with E-state index in [-0.39, 0.29) is 5.91 Å². The Balaban J connectivity index is 1.94. The van der Waals surface area contributed by atoms with E-state index in [2.05, 4.69) is 41.4 Å². The van der Waals surface area contributed by atoms with Crippen molar-refractivity contribution in [3.63, 3.8) is 0 Å². The van der Waals surface area contributed by atoms with Crippen molar-refractivity contribution >= 4 is 11.6 Å². The third-order valence-electron chi connectivity index (χ3n) is 4.27. The average molecular weight is 288 g/mol. The van der Waals surface area contributed by atoms with E-state index in [1.807, 2.05) is 0 Å². The molecule has 0 aliphatic carbocycles. The Morgan fingerprint density at radius 1 is 1.24 bits per heavy atom. The van der Waals surface area contributed by atoms with Gasteiger partial charge >= 0.3 is 0 Å². The Bertz CT molecular complexity index is 452. The molecule has 1 amide bonds. The van der Waals surface area contributed by atoms with Crippen molar-refractivity contribution in [3.05, 3.63) is 29.8 Å². The molecule has 1 N–H and O–H groups in total. The van der Waals surface area contributed by atoms with E-state index in [1.54, 1.807) is 6.92 Å². The van der Waals surface area contributed by atoms with E-state index >= 15 is 0 Å². The Hall–Kier alpha value is -1.51. The van der Waals surface area contributed by atoms with Crippen molar-refractivity contribution in [1.82, 2.24) is 5.32 Å². The van der Waals surface area contributed by atoms with Gasteiger partial charge in [0.05, 0.1) is 0 Å². The summed E-state index contributed by atoms with van der Waals surface area (Å²) in [6.45, 7) is 7.02. The molecule has 1 aromatic carbocycles. The van der Waals surface area contributed by atoms with Gasteiger partial charge in [-0.3, -0.25) is 4.79 Å². The molecule has 0 spiro atoms. The third kappa shape index (κ3) is 5.07. The van der Waals surface area contributed by atoms with Crippen LogP contribution >= 0.6 is 0 Å². The van der Waals surface area contributed by atoms with Crippen LogP contribution in [0.2, 0.25) is 0 Å². The van der Waals surface area contributed by atoms with Crippen molar-refractivity contribution in [1.29, 1.82) is 0 Å². The van der Waals surface area contributed by atoms with Crippen molar-refractivity contribution in [2.45, 2.75) is 46.0 Å². The van der Waals surface area contributed by atoms with E-state index in [4.69, 9.17) is 0 Å². The zero-order valence-electron chi connectivity index (χ0n) is 13.4. The lowest BCUT2D eigenvalue weighted by molar-refractivity contribution is -0.118. The summed E-state index contributed by atoms with van der Waals surface area (Å²) in [5.41, 5.74) is 2.87. The summed E-state index contributed by atoms with van der Waals surface area (Å²) >= 11 is 0. The topological polar surface area (TPSA) is 32.3 Å². The van der Waals surface area contributed by atoms with Crippen molar-refractivity contribution < 1.29 is 4.79 Å². The first-order valence-corrected chi connectivity index (χ1v) is 8.24. The highest BCUT2D eigenvalue weighted by Gasteiger charge is 2.15. The second-order valence-corrected chi connectivity index (χ2v) is 6.26. The summed E-state index contributed by atoms with van der Waals surface area (Å²) in [4.78, 5) is 13.5. The highest BCUT2D eigenvalue weighted by atomic mass is 16.1. The Morgan fingerprint density at radius 3 is 2.67 bits per heavy atom. The zero-order chi connectivity index (χ0) is 15.1. The summed E-state index contributed by atoms with van der Waals surface area (Å²) in [6.07, 6.45) is 6.12. The number of para-hydroxylation sites is 1. The molecule has 0 aromatic heterocycles. The third-order valence-corrected chi connectivity index (χ3v) is 4.27. The van der Waals surface area contributed by atoms with Crippen LogP contribution in [-0.4, -0.2) is 25.5 Å². The van der Waals surface area contributed by atoms with Gasteiger partial charge in [-0.1, -0.05) is 25.1 Å². The van der Waals surface area contributed by atoms with Crippen LogP contribution in [0.1, 0.15) is 45.1 Å².